The van der Waals surface area contributed by atoms with Gasteiger partial charge < -0.3 is 0 Å². The van der Waals surface area contributed by atoms with E-state index < -0.39 is 0 Å². The summed E-state index contributed by atoms with van der Waals surface area (Å²) in [6.07, 6.45) is 7.60. The number of hydrogen-bond donors (Lipinski definition) is 0. The van der Waals surface area contributed by atoms with Gasteiger partial charge in [0, 0.05) is 0 Å². The highest BCUT2D eigenvalue weighted by molar-refractivity contribution is 5.92. The van der Waals surface area contributed by atoms with E-state index in [0.717, 1.165) is 5.92 Å². The molecule has 2 aromatic carbocycles. The molecule has 0 nitrogen and oxygen atoms in total. The minimum Gasteiger partial charge on any atom is -0.0796 e. The minimum absolute atomic E-state index is 0.406. The molecule has 2 aliphatic rings. The molecule has 0 amide bonds. The summed E-state index contributed by atoms with van der Waals surface area (Å²) in [6.45, 7) is 7.36. The van der Waals surface area contributed by atoms with Crippen molar-refractivity contribution in [2.45, 2.75) is 39.5 Å². The van der Waals surface area contributed by atoms with Crippen LogP contribution < -0.4 is 0 Å². The molecule has 0 aliphatic heterocycles. The maximum Gasteiger partial charge on any atom is -0.00874 e. The van der Waals surface area contributed by atoms with Gasteiger partial charge in [-0.2, -0.15) is 0 Å². The van der Waals surface area contributed by atoms with Crippen LogP contribution in [0.1, 0.15) is 50.7 Å². The van der Waals surface area contributed by atoms with E-state index in [0.29, 0.717) is 17.3 Å². The summed E-state index contributed by atoms with van der Waals surface area (Å²) in [5.41, 5.74) is 3.46. The van der Waals surface area contributed by atoms with Crippen molar-refractivity contribution in [3.63, 3.8) is 0 Å². The normalized spacial score (nSPS) is 30.0. The molecule has 1 fully saturated rings. The highest BCUT2D eigenvalue weighted by Crippen LogP contribution is 2.55. The van der Waals surface area contributed by atoms with Gasteiger partial charge in [0.15, 0.2) is 0 Å². The molecule has 0 heterocycles. The number of allylic oxidation sites excluding steroid dienone is 1. The van der Waals surface area contributed by atoms with Gasteiger partial charge in [0.2, 0.25) is 0 Å². The van der Waals surface area contributed by atoms with E-state index in [-0.39, 0.29) is 0 Å². The van der Waals surface area contributed by atoms with Gasteiger partial charge in [-0.15, -0.1) is 0 Å². The van der Waals surface area contributed by atoms with E-state index in [9.17, 15) is 0 Å². The van der Waals surface area contributed by atoms with E-state index >= 15 is 0 Å². The van der Waals surface area contributed by atoms with Gasteiger partial charge in [0.1, 0.15) is 0 Å². The van der Waals surface area contributed by atoms with Crippen LogP contribution in [0, 0.1) is 17.3 Å². The molecule has 0 spiro atoms. The molecule has 0 heteroatoms. The van der Waals surface area contributed by atoms with Crippen molar-refractivity contribution in [3.05, 3.63) is 53.6 Å². The smallest absolute Gasteiger partial charge is 0.00874 e. The van der Waals surface area contributed by atoms with Crippen molar-refractivity contribution in [2.75, 3.05) is 0 Å². The fraction of sp³-hybridized carbons (Fsp3) is 0.429. The van der Waals surface area contributed by atoms with Crippen molar-refractivity contribution in [3.8, 4) is 0 Å². The zero-order chi connectivity index (χ0) is 14.6. The second-order valence-corrected chi connectivity index (χ2v) is 7.58. The predicted molar refractivity (Wildman–Crippen MR) is 91.4 cm³/mol. The number of rotatable bonds is 0. The molecule has 0 N–H and O–H groups in total. The fourth-order valence-electron chi connectivity index (χ4n) is 4.58. The summed E-state index contributed by atoms with van der Waals surface area (Å²) in [7, 11) is 0. The summed E-state index contributed by atoms with van der Waals surface area (Å²) >= 11 is 0. The first kappa shape index (κ1) is 13.1. The largest absolute Gasteiger partial charge is 0.0796 e. The van der Waals surface area contributed by atoms with Crippen molar-refractivity contribution in [2.24, 2.45) is 17.3 Å². The summed E-state index contributed by atoms with van der Waals surface area (Å²) in [4.78, 5) is 0. The van der Waals surface area contributed by atoms with Gasteiger partial charge in [-0.1, -0.05) is 69.3 Å². The van der Waals surface area contributed by atoms with Gasteiger partial charge in [-0.25, -0.2) is 0 Å². The summed E-state index contributed by atoms with van der Waals surface area (Å²) < 4.78 is 0. The lowest BCUT2D eigenvalue weighted by atomic mass is 9.55. The molecule has 2 aromatic rings. The van der Waals surface area contributed by atoms with Crippen molar-refractivity contribution in [1.29, 1.82) is 0 Å². The van der Waals surface area contributed by atoms with Gasteiger partial charge >= 0.3 is 0 Å². The highest BCUT2D eigenvalue weighted by atomic mass is 14.5. The minimum atomic E-state index is 0.406. The van der Waals surface area contributed by atoms with Gasteiger partial charge in [0.25, 0.3) is 0 Å². The monoisotopic (exact) mass is 276 g/mol. The third-order valence-electron chi connectivity index (χ3n) is 6.35. The van der Waals surface area contributed by atoms with E-state index in [4.69, 9.17) is 0 Å². The Morgan fingerprint density at radius 3 is 2.67 bits per heavy atom. The second kappa shape index (κ2) is 4.47. The molecule has 1 saturated carbocycles. The molecule has 4 rings (SSSR count). The molecule has 2 aliphatic carbocycles. The summed E-state index contributed by atoms with van der Waals surface area (Å²) in [6, 6.07) is 13.5. The first-order valence-corrected chi connectivity index (χ1v) is 8.29. The fourth-order valence-corrected chi connectivity index (χ4v) is 4.58. The molecule has 108 valence electrons. The maximum atomic E-state index is 2.51. The van der Waals surface area contributed by atoms with Crippen LogP contribution in [0.15, 0.2) is 42.5 Å². The van der Waals surface area contributed by atoms with Gasteiger partial charge in [0.05, 0.1) is 0 Å². The van der Waals surface area contributed by atoms with Crippen molar-refractivity contribution >= 4 is 16.8 Å². The van der Waals surface area contributed by atoms with Crippen LogP contribution in [0.25, 0.3) is 16.8 Å². The van der Waals surface area contributed by atoms with E-state index in [1.54, 1.807) is 5.56 Å². The first-order chi connectivity index (χ1) is 10.1. The van der Waals surface area contributed by atoms with Crippen LogP contribution >= 0.6 is 0 Å². The summed E-state index contributed by atoms with van der Waals surface area (Å²) in [5, 5.41) is 2.78. The topological polar surface area (TPSA) is 0 Å². The lowest BCUT2D eigenvalue weighted by Gasteiger charge is -2.49. The maximum absolute atomic E-state index is 2.51. The van der Waals surface area contributed by atoms with Crippen LogP contribution in [-0.2, 0) is 0 Å². The SMILES string of the molecule is CC1CCC2c3ccc4ccccc4c3C=CC2C1(C)C. The van der Waals surface area contributed by atoms with Crippen molar-refractivity contribution < 1.29 is 0 Å². The number of benzene rings is 2. The molecule has 0 bridgehead atoms. The number of fused-ring (bicyclic) bond motifs is 5. The first-order valence-electron chi connectivity index (χ1n) is 8.29. The molecule has 0 saturated heterocycles. The average Bonchev–Trinajstić information content (AvgIpc) is 2.50. The standard InChI is InChI=1S/C21H24/c1-14-8-10-19-18-11-9-15-6-4-5-7-16(15)17(18)12-13-20(19)21(14,2)3/h4-7,9,11-14,19-20H,8,10H2,1-3H3. The van der Waals surface area contributed by atoms with Crippen molar-refractivity contribution in [1.82, 2.24) is 0 Å². The molecular weight excluding hydrogens is 252 g/mol. The van der Waals surface area contributed by atoms with Crippen LogP contribution in [0.5, 0.6) is 0 Å². The zero-order valence-corrected chi connectivity index (χ0v) is 13.3. The molecule has 3 atom stereocenters. The lowest BCUT2D eigenvalue weighted by molar-refractivity contribution is 0.0811. The molecular formula is C21H24. The van der Waals surface area contributed by atoms with E-state index in [1.165, 1.54) is 29.2 Å². The lowest BCUT2D eigenvalue weighted by Crippen LogP contribution is -2.39. The van der Waals surface area contributed by atoms with Gasteiger partial charge in [-0.05, 0) is 57.9 Å². The van der Waals surface area contributed by atoms with Crippen LogP contribution in [0.4, 0.5) is 0 Å². The number of hydrogen-bond acceptors (Lipinski definition) is 0. The Labute approximate surface area is 127 Å². The van der Waals surface area contributed by atoms with Crippen LogP contribution in [0.2, 0.25) is 0 Å². The zero-order valence-electron chi connectivity index (χ0n) is 13.3. The Bertz CT molecular complexity index is 720. The quantitative estimate of drug-likeness (QED) is 0.551. The molecule has 0 radical (unpaired) electrons. The van der Waals surface area contributed by atoms with Crippen LogP contribution in [0.3, 0.4) is 0 Å². The Morgan fingerprint density at radius 1 is 1.00 bits per heavy atom. The Hall–Kier alpha value is -1.56. The Morgan fingerprint density at radius 2 is 1.81 bits per heavy atom. The molecule has 0 aromatic heterocycles. The third kappa shape index (κ3) is 1.81. The van der Waals surface area contributed by atoms with Gasteiger partial charge in [-0.3, -0.25) is 0 Å². The van der Waals surface area contributed by atoms with Crippen LogP contribution in [-0.4, -0.2) is 0 Å². The Balaban J connectivity index is 1.90. The van der Waals surface area contributed by atoms with E-state index in [1.807, 2.05) is 0 Å². The second-order valence-electron chi connectivity index (χ2n) is 7.58. The molecule has 3 unspecified atom stereocenters. The average molecular weight is 276 g/mol. The third-order valence-corrected chi connectivity index (χ3v) is 6.35. The predicted octanol–water partition coefficient (Wildman–Crippen LogP) is 6.02. The summed E-state index contributed by atoms with van der Waals surface area (Å²) in [5.74, 6) is 2.21. The highest BCUT2D eigenvalue weighted by Gasteiger charge is 2.44. The van der Waals surface area contributed by atoms with E-state index in [2.05, 4.69) is 69.3 Å². The Kier molecular flexibility index (Phi) is 2.79. The molecule has 21 heavy (non-hydrogen) atoms.